The molecule has 2 rings (SSSR count). The number of aromatic nitrogens is 3. The van der Waals surface area contributed by atoms with Crippen LogP contribution in [-0.4, -0.2) is 22.0 Å². The molecule has 2 aromatic rings. The van der Waals surface area contributed by atoms with Gasteiger partial charge in [-0.05, 0) is 43.1 Å². The molecule has 1 aromatic heterocycles. The molecule has 0 radical (unpaired) electrons. The van der Waals surface area contributed by atoms with E-state index in [-0.39, 0.29) is 11.9 Å². The summed E-state index contributed by atoms with van der Waals surface area (Å²) in [5, 5.41) is 13.8. The number of nitrogens with one attached hydrogen (secondary N) is 2. The van der Waals surface area contributed by atoms with Crippen LogP contribution in [0.25, 0.3) is 0 Å². The van der Waals surface area contributed by atoms with Crippen LogP contribution in [0.4, 0.5) is 4.39 Å². The Morgan fingerprint density at radius 2 is 2.22 bits per heavy atom. The lowest BCUT2D eigenvalue weighted by molar-refractivity contribution is 0.574. The van der Waals surface area contributed by atoms with Crippen molar-refractivity contribution in [2.24, 2.45) is 0 Å². The second-order valence-corrected chi connectivity index (χ2v) is 4.34. The molecule has 0 bridgehead atoms. The number of aryl methyl sites for hydroxylation is 1. The van der Waals surface area contributed by atoms with E-state index in [1.165, 1.54) is 12.1 Å². The zero-order valence-electron chi connectivity index (χ0n) is 10.6. The summed E-state index contributed by atoms with van der Waals surface area (Å²) >= 11 is 0. The first kappa shape index (κ1) is 12.7. The molecule has 0 amide bonds. The van der Waals surface area contributed by atoms with Crippen LogP contribution in [0.15, 0.2) is 24.4 Å². The van der Waals surface area contributed by atoms with Gasteiger partial charge in [0.25, 0.3) is 0 Å². The Bertz CT molecular complexity index is 475. The molecule has 2 N–H and O–H groups in total. The maximum atomic E-state index is 13.5. The largest absolute Gasteiger partial charge is 0.305 e. The van der Waals surface area contributed by atoms with Gasteiger partial charge in [-0.15, -0.1) is 0 Å². The first-order valence-electron chi connectivity index (χ1n) is 6.07. The fourth-order valence-corrected chi connectivity index (χ4v) is 1.96. The minimum absolute atomic E-state index is 0.127. The molecule has 96 valence electrons. The lowest BCUT2D eigenvalue weighted by Crippen LogP contribution is -2.23. The molecule has 0 spiro atoms. The standard InChI is InChI=1S/C13H17FN4/c1-3-4-15-13(12-8-16-18-17-12)10-5-9(2)6-11(14)7-10/h5-8,13,15H,3-4H2,1-2H3,(H,16,17,18). The third-order valence-corrected chi connectivity index (χ3v) is 2.73. The Morgan fingerprint density at radius 3 is 2.83 bits per heavy atom. The molecule has 5 heteroatoms. The number of nitrogens with zero attached hydrogens (tertiary/aromatic N) is 2. The summed E-state index contributed by atoms with van der Waals surface area (Å²) in [6.07, 6.45) is 2.66. The third kappa shape index (κ3) is 2.92. The summed E-state index contributed by atoms with van der Waals surface area (Å²) in [6, 6.07) is 4.89. The van der Waals surface area contributed by atoms with Gasteiger partial charge in [-0.2, -0.15) is 15.4 Å². The van der Waals surface area contributed by atoms with E-state index in [4.69, 9.17) is 0 Å². The first-order valence-corrected chi connectivity index (χ1v) is 6.07. The van der Waals surface area contributed by atoms with E-state index < -0.39 is 0 Å². The van der Waals surface area contributed by atoms with E-state index in [1.807, 2.05) is 13.0 Å². The molecule has 1 aromatic carbocycles. The predicted octanol–water partition coefficient (Wildman–Crippen LogP) is 2.34. The van der Waals surface area contributed by atoms with Crippen molar-refractivity contribution in [3.8, 4) is 0 Å². The number of aromatic amines is 1. The van der Waals surface area contributed by atoms with Crippen LogP contribution >= 0.6 is 0 Å². The fraction of sp³-hybridized carbons (Fsp3) is 0.385. The highest BCUT2D eigenvalue weighted by molar-refractivity contribution is 5.30. The van der Waals surface area contributed by atoms with Crippen molar-refractivity contribution < 1.29 is 4.39 Å². The number of halogens is 1. The molecule has 1 heterocycles. The van der Waals surface area contributed by atoms with Gasteiger partial charge in [0.15, 0.2) is 0 Å². The summed E-state index contributed by atoms with van der Waals surface area (Å²) < 4.78 is 13.5. The van der Waals surface area contributed by atoms with Gasteiger partial charge in [0.05, 0.1) is 12.2 Å². The average molecular weight is 248 g/mol. The molecule has 1 unspecified atom stereocenters. The quantitative estimate of drug-likeness (QED) is 0.854. The molecule has 0 aliphatic rings. The number of H-pyrrole nitrogens is 1. The Balaban J connectivity index is 2.33. The Hall–Kier alpha value is -1.75. The second kappa shape index (κ2) is 5.73. The molecular formula is C13H17FN4. The van der Waals surface area contributed by atoms with E-state index >= 15 is 0 Å². The molecule has 0 saturated heterocycles. The minimum Gasteiger partial charge on any atom is -0.305 e. The first-order chi connectivity index (χ1) is 8.70. The zero-order chi connectivity index (χ0) is 13.0. The van der Waals surface area contributed by atoms with Crippen molar-refractivity contribution in [3.63, 3.8) is 0 Å². The average Bonchev–Trinajstić information content (AvgIpc) is 2.82. The van der Waals surface area contributed by atoms with Crippen molar-refractivity contribution in [2.45, 2.75) is 26.3 Å². The smallest absolute Gasteiger partial charge is 0.123 e. The van der Waals surface area contributed by atoms with E-state index in [9.17, 15) is 4.39 Å². The Kier molecular flexibility index (Phi) is 4.04. The highest BCUT2D eigenvalue weighted by Gasteiger charge is 2.16. The molecule has 18 heavy (non-hydrogen) atoms. The summed E-state index contributed by atoms with van der Waals surface area (Å²) in [5.41, 5.74) is 2.54. The van der Waals surface area contributed by atoms with Crippen molar-refractivity contribution in [2.75, 3.05) is 6.54 Å². The van der Waals surface area contributed by atoms with Gasteiger partial charge in [0, 0.05) is 0 Å². The number of hydrogen-bond acceptors (Lipinski definition) is 3. The monoisotopic (exact) mass is 248 g/mol. The molecule has 1 atom stereocenters. The van der Waals surface area contributed by atoms with Crippen LogP contribution in [-0.2, 0) is 0 Å². The summed E-state index contributed by atoms with van der Waals surface area (Å²) in [7, 11) is 0. The topological polar surface area (TPSA) is 53.6 Å². The van der Waals surface area contributed by atoms with E-state index in [0.717, 1.165) is 29.8 Å². The number of benzene rings is 1. The highest BCUT2D eigenvalue weighted by Crippen LogP contribution is 2.21. The van der Waals surface area contributed by atoms with E-state index in [1.54, 1.807) is 6.20 Å². The van der Waals surface area contributed by atoms with Crippen LogP contribution in [0.3, 0.4) is 0 Å². The van der Waals surface area contributed by atoms with Gasteiger partial charge in [0.1, 0.15) is 11.5 Å². The fourth-order valence-electron chi connectivity index (χ4n) is 1.96. The Labute approximate surface area is 106 Å². The molecule has 0 aliphatic carbocycles. The molecule has 0 fully saturated rings. The van der Waals surface area contributed by atoms with Crippen LogP contribution in [0.2, 0.25) is 0 Å². The molecular weight excluding hydrogens is 231 g/mol. The van der Waals surface area contributed by atoms with Crippen LogP contribution in [0.5, 0.6) is 0 Å². The SMILES string of the molecule is CCCNC(c1cc(C)cc(F)c1)c1cn[nH]n1. The normalized spacial score (nSPS) is 12.6. The second-order valence-electron chi connectivity index (χ2n) is 4.34. The summed E-state index contributed by atoms with van der Waals surface area (Å²) in [4.78, 5) is 0. The van der Waals surface area contributed by atoms with Crippen molar-refractivity contribution in [1.29, 1.82) is 0 Å². The minimum atomic E-state index is -0.225. The lowest BCUT2D eigenvalue weighted by Gasteiger charge is -2.17. The molecule has 0 saturated carbocycles. The van der Waals surface area contributed by atoms with Gasteiger partial charge in [0.2, 0.25) is 0 Å². The highest BCUT2D eigenvalue weighted by atomic mass is 19.1. The van der Waals surface area contributed by atoms with Crippen molar-refractivity contribution in [3.05, 3.63) is 47.0 Å². The predicted molar refractivity (Wildman–Crippen MR) is 67.7 cm³/mol. The van der Waals surface area contributed by atoms with Crippen LogP contribution in [0, 0.1) is 12.7 Å². The van der Waals surface area contributed by atoms with E-state index in [0.29, 0.717) is 0 Å². The van der Waals surface area contributed by atoms with Crippen molar-refractivity contribution in [1.82, 2.24) is 20.7 Å². The van der Waals surface area contributed by atoms with Gasteiger partial charge in [-0.25, -0.2) is 4.39 Å². The van der Waals surface area contributed by atoms with Gasteiger partial charge < -0.3 is 5.32 Å². The number of rotatable bonds is 5. The maximum Gasteiger partial charge on any atom is 0.123 e. The number of hydrogen-bond donors (Lipinski definition) is 2. The van der Waals surface area contributed by atoms with Gasteiger partial charge >= 0.3 is 0 Å². The zero-order valence-corrected chi connectivity index (χ0v) is 10.6. The summed E-state index contributed by atoms with van der Waals surface area (Å²) in [6.45, 7) is 4.81. The lowest BCUT2D eigenvalue weighted by atomic mass is 10.0. The van der Waals surface area contributed by atoms with Gasteiger partial charge in [-0.1, -0.05) is 13.0 Å². The van der Waals surface area contributed by atoms with Crippen molar-refractivity contribution >= 4 is 0 Å². The molecule has 0 aliphatic heterocycles. The third-order valence-electron chi connectivity index (χ3n) is 2.73. The van der Waals surface area contributed by atoms with Gasteiger partial charge in [-0.3, -0.25) is 0 Å². The molecule has 4 nitrogen and oxygen atoms in total. The van der Waals surface area contributed by atoms with E-state index in [2.05, 4.69) is 27.7 Å². The maximum absolute atomic E-state index is 13.5. The Morgan fingerprint density at radius 1 is 1.39 bits per heavy atom. The summed E-state index contributed by atoms with van der Waals surface area (Å²) in [5.74, 6) is -0.225. The van der Waals surface area contributed by atoms with Crippen LogP contribution in [0.1, 0.15) is 36.2 Å². The van der Waals surface area contributed by atoms with Crippen LogP contribution < -0.4 is 5.32 Å².